The van der Waals surface area contributed by atoms with Crippen molar-refractivity contribution in [1.82, 2.24) is 16.0 Å². The van der Waals surface area contributed by atoms with Crippen LogP contribution < -0.4 is 20.7 Å². The van der Waals surface area contributed by atoms with Crippen LogP contribution in [0.5, 0.6) is 5.75 Å². The molecule has 1 aliphatic rings. The second-order valence-electron chi connectivity index (χ2n) is 5.91. The highest BCUT2D eigenvalue weighted by Gasteiger charge is 2.18. The molecule has 1 aromatic rings. The summed E-state index contributed by atoms with van der Waals surface area (Å²) in [6, 6.07) is 7.28. The molecule has 0 saturated heterocycles. The Morgan fingerprint density at radius 3 is 2.57 bits per heavy atom. The van der Waals surface area contributed by atoms with Crippen molar-refractivity contribution in [3.05, 3.63) is 41.2 Å². The molecule has 0 aromatic heterocycles. The molecule has 1 atom stereocenters. The first-order valence-electron chi connectivity index (χ1n) is 7.85. The lowest BCUT2D eigenvalue weighted by molar-refractivity contribution is 0.102. The van der Waals surface area contributed by atoms with Crippen LogP contribution in [0.15, 0.2) is 35.7 Å². The number of Topliss-reactive ketones (excluding diaryl/α,β-unsaturated/α-hetero) is 1. The molecule has 1 aromatic carbocycles. The normalized spacial score (nSPS) is 15.3. The summed E-state index contributed by atoms with van der Waals surface area (Å²) in [6.07, 6.45) is -0.569. The van der Waals surface area contributed by atoms with Crippen LogP contribution in [0.25, 0.3) is 0 Å². The maximum absolute atomic E-state index is 12.3. The first-order valence-corrected chi connectivity index (χ1v) is 7.85. The minimum absolute atomic E-state index is 0.0415. The fourth-order valence-electron chi connectivity index (χ4n) is 2.21. The van der Waals surface area contributed by atoms with Crippen LogP contribution in [-0.4, -0.2) is 42.9 Å². The number of hydrogen-bond donors (Lipinski definition) is 4. The molecular weight excluding hydrogens is 294 g/mol. The summed E-state index contributed by atoms with van der Waals surface area (Å²) in [7, 11) is 0. The number of rotatable bonds is 8. The third-order valence-electron chi connectivity index (χ3n) is 3.54. The Balaban J connectivity index is 1.87. The van der Waals surface area contributed by atoms with Gasteiger partial charge in [-0.2, -0.15) is 0 Å². The van der Waals surface area contributed by atoms with Gasteiger partial charge in [0.25, 0.3) is 0 Å². The highest BCUT2D eigenvalue weighted by atomic mass is 16.5. The Kier molecular flexibility index (Phi) is 6.01. The van der Waals surface area contributed by atoms with E-state index in [0.29, 0.717) is 36.3 Å². The molecule has 0 aliphatic carbocycles. The summed E-state index contributed by atoms with van der Waals surface area (Å²) in [4.78, 5) is 12.3. The highest BCUT2D eigenvalue weighted by Crippen LogP contribution is 2.16. The van der Waals surface area contributed by atoms with Gasteiger partial charge in [0.05, 0.1) is 6.67 Å². The van der Waals surface area contributed by atoms with Crippen molar-refractivity contribution in [2.75, 3.05) is 19.8 Å². The number of hydrogen-bond acceptors (Lipinski definition) is 6. The quantitative estimate of drug-likeness (QED) is 0.535. The Bertz CT molecular complexity index is 567. The van der Waals surface area contributed by atoms with Crippen LogP contribution in [0.2, 0.25) is 0 Å². The van der Waals surface area contributed by atoms with E-state index in [-0.39, 0.29) is 12.4 Å². The van der Waals surface area contributed by atoms with Gasteiger partial charge < -0.3 is 25.8 Å². The molecule has 6 heteroatoms. The Morgan fingerprint density at radius 2 is 2.00 bits per heavy atom. The molecule has 0 radical (unpaired) electrons. The van der Waals surface area contributed by atoms with E-state index in [2.05, 4.69) is 16.0 Å². The summed E-state index contributed by atoms with van der Waals surface area (Å²) in [5.41, 5.74) is 2.06. The molecule has 1 aliphatic heterocycles. The van der Waals surface area contributed by atoms with Gasteiger partial charge in [-0.15, -0.1) is 0 Å². The molecule has 0 spiro atoms. The summed E-state index contributed by atoms with van der Waals surface area (Å²) in [5, 5.41) is 19.1. The Hall–Kier alpha value is -2.05. The Labute approximate surface area is 136 Å². The molecule has 0 amide bonds. The average molecular weight is 319 g/mol. The molecule has 23 heavy (non-hydrogen) atoms. The van der Waals surface area contributed by atoms with Crippen molar-refractivity contribution >= 4 is 5.78 Å². The Morgan fingerprint density at radius 1 is 1.30 bits per heavy atom. The molecule has 6 nitrogen and oxygen atoms in total. The van der Waals surface area contributed by atoms with Gasteiger partial charge in [-0.3, -0.25) is 4.79 Å². The lowest BCUT2D eigenvalue weighted by Gasteiger charge is -2.15. The van der Waals surface area contributed by atoms with Crippen LogP contribution >= 0.6 is 0 Å². The van der Waals surface area contributed by atoms with E-state index in [1.807, 2.05) is 20.8 Å². The van der Waals surface area contributed by atoms with E-state index in [0.717, 1.165) is 5.70 Å². The monoisotopic (exact) mass is 319 g/mol. The van der Waals surface area contributed by atoms with Gasteiger partial charge in [0.15, 0.2) is 0 Å². The van der Waals surface area contributed by atoms with E-state index < -0.39 is 6.10 Å². The zero-order valence-electron chi connectivity index (χ0n) is 13.8. The lowest BCUT2D eigenvalue weighted by Crippen LogP contribution is -2.35. The molecule has 1 heterocycles. The molecule has 0 fully saturated rings. The standard InChI is InChI=1S/C17H25N3O3/c1-11(2)18-8-14(21)9-23-15-6-4-13(5-7-15)17(22)16-12(3)19-10-20-16/h4-7,11,14,18-21H,8-10H2,1-3H3. The zero-order chi connectivity index (χ0) is 16.8. The molecule has 126 valence electrons. The van der Waals surface area contributed by atoms with Crippen LogP contribution in [0.3, 0.4) is 0 Å². The average Bonchev–Trinajstić information content (AvgIpc) is 2.96. The van der Waals surface area contributed by atoms with Gasteiger partial charge in [-0.05, 0) is 31.2 Å². The van der Waals surface area contributed by atoms with E-state index >= 15 is 0 Å². The molecule has 0 bridgehead atoms. The topological polar surface area (TPSA) is 82.6 Å². The first-order chi connectivity index (χ1) is 11.0. The number of aliphatic hydroxyl groups is 1. The second-order valence-corrected chi connectivity index (χ2v) is 5.91. The van der Waals surface area contributed by atoms with E-state index in [9.17, 15) is 9.90 Å². The molecular formula is C17H25N3O3. The van der Waals surface area contributed by atoms with Gasteiger partial charge in [-0.1, -0.05) is 13.8 Å². The van der Waals surface area contributed by atoms with Crippen molar-refractivity contribution < 1.29 is 14.6 Å². The number of aliphatic hydroxyl groups excluding tert-OH is 1. The fraction of sp³-hybridized carbons (Fsp3) is 0.471. The van der Waals surface area contributed by atoms with E-state index in [1.165, 1.54) is 0 Å². The summed E-state index contributed by atoms with van der Waals surface area (Å²) in [5.74, 6) is 0.591. The number of allylic oxidation sites excluding steroid dienone is 2. The molecule has 2 rings (SSSR count). The fourth-order valence-corrected chi connectivity index (χ4v) is 2.21. The smallest absolute Gasteiger partial charge is 0.210 e. The number of benzene rings is 1. The van der Waals surface area contributed by atoms with Gasteiger partial charge in [0.1, 0.15) is 24.2 Å². The maximum atomic E-state index is 12.3. The summed E-state index contributed by atoms with van der Waals surface area (Å²) >= 11 is 0. The number of carbonyl (C=O) groups excluding carboxylic acids is 1. The number of carbonyl (C=O) groups is 1. The molecule has 4 N–H and O–H groups in total. The van der Waals surface area contributed by atoms with Crippen molar-refractivity contribution in [1.29, 1.82) is 0 Å². The van der Waals surface area contributed by atoms with Crippen molar-refractivity contribution in [3.63, 3.8) is 0 Å². The number of ketones is 1. The van der Waals surface area contributed by atoms with Gasteiger partial charge in [0.2, 0.25) is 5.78 Å². The summed E-state index contributed by atoms with van der Waals surface area (Å²) < 4.78 is 5.54. The predicted molar refractivity (Wildman–Crippen MR) is 89.3 cm³/mol. The largest absolute Gasteiger partial charge is 0.491 e. The summed E-state index contributed by atoms with van der Waals surface area (Å²) in [6.45, 7) is 7.20. The zero-order valence-corrected chi connectivity index (χ0v) is 13.8. The van der Waals surface area contributed by atoms with Crippen molar-refractivity contribution in [2.45, 2.75) is 32.9 Å². The SMILES string of the molecule is CC1=C(C(=O)c2ccc(OCC(O)CNC(C)C)cc2)NCN1. The van der Waals surface area contributed by atoms with Gasteiger partial charge in [0, 0.05) is 23.8 Å². The highest BCUT2D eigenvalue weighted by molar-refractivity contribution is 6.08. The minimum Gasteiger partial charge on any atom is -0.491 e. The third-order valence-corrected chi connectivity index (χ3v) is 3.54. The number of ether oxygens (including phenoxy) is 1. The maximum Gasteiger partial charge on any atom is 0.210 e. The molecule has 1 unspecified atom stereocenters. The van der Waals surface area contributed by atoms with Crippen LogP contribution in [-0.2, 0) is 0 Å². The van der Waals surface area contributed by atoms with E-state index in [1.54, 1.807) is 24.3 Å². The lowest BCUT2D eigenvalue weighted by atomic mass is 10.1. The van der Waals surface area contributed by atoms with Crippen LogP contribution in [0.1, 0.15) is 31.1 Å². The second kappa shape index (κ2) is 7.99. The first kappa shape index (κ1) is 17.3. The minimum atomic E-state index is -0.569. The predicted octanol–water partition coefficient (Wildman–Crippen LogP) is 0.989. The van der Waals surface area contributed by atoms with Crippen LogP contribution in [0.4, 0.5) is 0 Å². The molecule has 0 saturated carbocycles. The van der Waals surface area contributed by atoms with Gasteiger partial charge in [-0.25, -0.2) is 0 Å². The van der Waals surface area contributed by atoms with Crippen molar-refractivity contribution in [3.8, 4) is 5.75 Å². The van der Waals surface area contributed by atoms with E-state index in [4.69, 9.17) is 4.74 Å². The van der Waals surface area contributed by atoms with Gasteiger partial charge >= 0.3 is 0 Å². The van der Waals surface area contributed by atoms with Crippen molar-refractivity contribution in [2.24, 2.45) is 0 Å². The van der Waals surface area contributed by atoms with Crippen LogP contribution in [0, 0.1) is 0 Å². The third kappa shape index (κ3) is 4.97. The number of nitrogens with one attached hydrogen (secondary N) is 3.